The number of hydrogen-bond acceptors (Lipinski definition) is 7. The molecule has 8 nitrogen and oxygen atoms in total. The zero-order chi connectivity index (χ0) is 17.3. The third kappa shape index (κ3) is 3.37. The largest absolute Gasteiger partial charge is 0.403 e. The molecule has 1 aromatic carbocycles. The molecule has 2 aromatic heterocycles. The minimum absolute atomic E-state index is 0.0839. The van der Waals surface area contributed by atoms with Crippen molar-refractivity contribution >= 4 is 52.1 Å². The normalized spacial score (nSPS) is 10.6. The first-order valence-electron chi connectivity index (χ1n) is 6.28. The summed E-state index contributed by atoms with van der Waals surface area (Å²) in [4.78, 5) is 22.2. The van der Waals surface area contributed by atoms with E-state index in [1.807, 2.05) is 0 Å². The highest BCUT2D eigenvalue weighted by atomic mass is 35.5. The first kappa shape index (κ1) is 16.4. The van der Waals surface area contributed by atoms with Crippen LogP contribution in [0.3, 0.4) is 0 Å². The smallest absolute Gasteiger partial charge is 0.322 e. The molecule has 3 rings (SSSR count). The summed E-state index contributed by atoms with van der Waals surface area (Å²) in [7, 11) is 0. The predicted octanol–water partition coefficient (Wildman–Crippen LogP) is 4.27. The van der Waals surface area contributed by atoms with Gasteiger partial charge in [-0.3, -0.25) is 20.2 Å². The van der Waals surface area contributed by atoms with Crippen molar-refractivity contribution in [3.63, 3.8) is 0 Å². The number of aromatic nitrogens is 2. The van der Waals surface area contributed by atoms with Crippen molar-refractivity contribution < 1.29 is 14.1 Å². The summed E-state index contributed by atoms with van der Waals surface area (Å²) in [6.45, 7) is 0. The molecule has 122 valence electrons. The van der Waals surface area contributed by atoms with Gasteiger partial charge in [-0.2, -0.15) is 0 Å². The summed E-state index contributed by atoms with van der Waals surface area (Å²) >= 11 is 13.0. The van der Waals surface area contributed by atoms with Crippen LogP contribution in [-0.2, 0) is 0 Å². The number of anilines is 1. The first-order valence-corrected chi connectivity index (χ1v) is 7.86. The van der Waals surface area contributed by atoms with Gasteiger partial charge >= 0.3 is 6.01 Å². The molecule has 0 aliphatic heterocycles. The molecular formula is C13H6Cl2N4O4S. The van der Waals surface area contributed by atoms with Crippen LogP contribution in [0.25, 0.3) is 11.5 Å². The summed E-state index contributed by atoms with van der Waals surface area (Å²) in [6, 6.07) is 6.65. The van der Waals surface area contributed by atoms with Crippen molar-refractivity contribution in [2.75, 3.05) is 5.32 Å². The summed E-state index contributed by atoms with van der Waals surface area (Å²) < 4.78 is 6.14. The van der Waals surface area contributed by atoms with Crippen molar-refractivity contribution in [1.82, 2.24) is 10.2 Å². The third-order valence-electron chi connectivity index (χ3n) is 2.85. The molecule has 0 aliphatic carbocycles. The summed E-state index contributed by atoms with van der Waals surface area (Å²) in [5, 5.41) is 20.6. The second-order valence-electron chi connectivity index (χ2n) is 4.41. The molecular weight excluding hydrogens is 379 g/mol. The number of rotatable bonds is 4. The number of carbonyl (C=O) groups is 1. The van der Waals surface area contributed by atoms with Crippen LogP contribution >= 0.6 is 34.5 Å². The van der Waals surface area contributed by atoms with E-state index in [2.05, 4.69) is 15.5 Å². The minimum atomic E-state index is -0.622. The zero-order valence-corrected chi connectivity index (χ0v) is 13.9. The van der Waals surface area contributed by atoms with Crippen LogP contribution in [0.2, 0.25) is 8.67 Å². The number of thiophene rings is 1. The van der Waals surface area contributed by atoms with E-state index in [1.165, 1.54) is 18.2 Å². The lowest BCUT2D eigenvalue weighted by Gasteiger charge is -2.00. The molecule has 1 amide bonds. The van der Waals surface area contributed by atoms with Crippen LogP contribution in [0.1, 0.15) is 10.4 Å². The monoisotopic (exact) mass is 384 g/mol. The standard InChI is InChI=1S/C13H6Cl2N4O4S/c14-9-5-8(10(15)24-9)12-17-18-13(23-12)16-11(20)6-2-1-3-7(4-6)19(21)22/h1-5H,(H,16,18,20). The number of halogens is 2. The highest BCUT2D eigenvalue weighted by molar-refractivity contribution is 7.20. The molecule has 2 heterocycles. The van der Waals surface area contributed by atoms with Crippen molar-refractivity contribution in [3.8, 4) is 11.5 Å². The fourth-order valence-corrected chi connectivity index (χ4v) is 3.25. The number of non-ortho nitro benzene ring substituents is 1. The van der Waals surface area contributed by atoms with Crippen LogP contribution in [0.4, 0.5) is 11.7 Å². The summed E-state index contributed by atoms with van der Waals surface area (Å²) in [5.41, 5.74) is 0.337. The van der Waals surface area contributed by atoms with Crippen molar-refractivity contribution in [1.29, 1.82) is 0 Å². The molecule has 0 spiro atoms. The molecule has 1 N–H and O–H groups in total. The quantitative estimate of drug-likeness (QED) is 0.530. The maximum atomic E-state index is 12.1. The molecule has 0 saturated heterocycles. The van der Waals surface area contributed by atoms with Crippen LogP contribution in [0.15, 0.2) is 34.7 Å². The first-order chi connectivity index (χ1) is 11.4. The van der Waals surface area contributed by atoms with Crippen molar-refractivity contribution in [3.05, 3.63) is 54.7 Å². The Morgan fingerprint density at radius 3 is 2.75 bits per heavy atom. The average molecular weight is 385 g/mol. The fraction of sp³-hybridized carbons (Fsp3) is 0. The van der Waals surface area contributed by atoms with E-state index in [1.54, 1.807) is 6.07 Å². The maximum Gasteiger partial charge on any atom is 0.322 e. The summed E-state index contributed by atoms with van der Waals surface area (Å²) in [6.07, 6.45) is 0. The molecule has 11 heteroatoms. The lowest BCUT2D eigenvalue weighted by molar-refractivity contribution is -0.384. The van der Waals surface area contributed by atoms with Gasteiger partial charge in [-0.15, -0.1) is 16.4 Å². The Morgan fingerprint density at radius 1 is 1.29 bits per heavy atom. The zero-order valence-electron chi connectivity index (χ0n) is 11.5. The molecule has 0 atom stereocenters. The Bertz CT molecular complexity index is 940. The van der Waals surface area contributed by atoms with E-state index >= 15 is 0 Å². The van der Waals surface area contributed by atoms with E-state index in [-0.39, 0.29) is 23.2 Å². The van der Waals surface area contributed by atoms with Gasteiger partial charge in [0.15, 0.2) is 0 Å². The van der Waals surface area contributed by atoms with E-state index in [0.29, 0.717) is 14.2 Å². The van der Waals surface area contributed by atoms with Gasteiger partial charge in [0.05, 0.1) is 14.8 Å². The van der Waals surface area contributed by atoms with Crippen molar-refractivity contribution in [2.45, 2.75) is 0 Å². The molecule has 3 aromatic rings. The van der Waals surface area contributed by atoms with Gasteiger partial charge in [0.25, 0.3) is 17.5 Å². The molecule has 0 fully saturated rings. The highest BCUT2D eigenvalue weighted by Gasteiger charge is 2.18. The lowest BCUT2D eigenvalue weighted by Crippen LogP contribution is -2.12. The number of nitro groups is 1. The van der Waals surface area contributed by atoms with Crippen molar-refractivity contribution in [2.24, 2.45) is 0 Å². The minimum Gasteiger partial charge on any atom is -0.403 e. The number of nitrogens with zero attached hydrogens (tertiary/aromatic N) is 3. The predicted molar refractivity (Wildman–Crippen MR) is 88.7 cm³/mol. The molecule has 0 radical (unpaired) electrons. The number of carbonyl (C=O) groups excluding carboxylic acids is 1. The van der Waals surface area contributed by atoms with Gasteiger partial charge in [-0.1, -0.05) is 34.4 Å². The third-order valence-corrected chi connectivity index (χ3v) is 4.34. The Hall–Kier alpha value is -2.49. The number of amides is 1. The topological polar surface area (TPSA) is 111 Å². The molecule has 0 unspecified atom stereocenters. The second-order valence-corrected chi connectivity index (χ2v) is 6.70. The van der Waals surface area contributed by atoms with Crippen LogP contribution in [-0.4, -0.2) is 21.0 Å². The second kappa shape index (κ2) is 6.56. The fourth-order valence-electron chi connectivity index (χ4n) is 1.80. The Balaban J connectivity index is 1.79. The Labute approximate surface area is 148 Å². The van der Waals surface area contributed by atoms with E-state index in [0.717, 1.165) is 17.4 Å². The van der Waals surface area contributed by atoms with Gasteiger partial charge in [-0.05, 0) is 12.1 Å². The molecule has 0 bridgehead atoms. The van der Waals surface area contributed by atoms with Crippen LogP contribution in [0, 0.1) is 10.1 Å². The maximum absolute atomic E-state index is 12.1. The van der Waals surface area contributed by atoms with Crippen LogP contribution in [0.5, 0.6) is 0 Å². The molecule has 0 saturated carbocycles. The van der Waals surface area contributed by atoms with E-state index in [9.17, 15) is 14.9 Å². The lowest BCUT2D eigenvalue weighted by atomic mass is 10.2. The van der Waals surface area contributed by atoms with Gasteiger partial charge in [0.1, 0.15) is 4.34 Å². The highest BCUT2D eigenvalue weighted by Crippen LogP contribution is 2.37. The number of nitrogens with one attached hydrogen (secondary N) is 1. The van der Waals surface area contributed by atoms with Gasteiger partial charge < -0.3 is 4.42 Å². The van der Waals surface area contributed by atoms with E-state index in [4.69, 9.17) is 27.6 Å². The van der Waals surface area contributed by atoms with Crippen LogP contribution < -0.4 is 5.32 Å². The number of nitro benzene ring substituents is 1. The Morgan fingerprint density at radius 2 is 2.08 bits per heavy atom. The van der Waals surface area contributed by atoms with Gasteiger partial charge in [-0.25, -0.2) is 0 Å². The summed E-state index contributed by atoms with van der Waals surface area (Å²) in [5.74, 6) is -0.527. The average Bonchev–Trinajstić information content (AvgIpc) is 3.13. The molecule has 24 heavy (non-hydrogen) atoms. The van der Waals surface area contributed by atoms with E-state index < -0.39 is 10.8 Å². The SMILES string of the molecule is O=C(Nc1nnc(-c2cc(Cl)sc2Cl)o1)c1cccc([N+](=O)[O-])c1. The van der Waals surface area contributed by atoms with Gasteiger partial charge in [0.2, 0.25) is 0 Å². The van der Waals surface area contributed by atoms with Gasteiger partial charge in [0, 0.05) is 17.7 Å². The molecule has 0 aliphatic rings. The number of hydrogen-bond donors (Lipinski definition) is 1. The Kier molecular flexibility index (Phi) is 4.47. The number of benzene rings is 1.